The van der Waals surface area contributed by atoms with Crippen LogP contribution in [0, 0.1) is 5.41 Å². The van der Waals surface area contributed by atoms with Crippen molar-refractivity contribution in [1.82, 2.24) is 4.90 Å². The summed E-state index contributed by atoms with van der Waals surface area (Å²) in [6.45, 7) is 7.07. The molecule has 96 valence electrons. The van der Waals surface area contributed by atoms with E-state index in [0.29, 0.717) is 6.54 Å². The molecule has 0 amide bonds. The molecule has 1 heterocycles. The van der Waals surface area contributed by atoms with Crippen LogP contribution in [0.4, 0.5) is 0 Å². The Balaban J connectivity index is 2.48. The van der Waals surface area contributed by atoms with Gasteiger partial charge in [0.2, 0.25) is 0 Å². The zero-order chi connectivity index (χ0) is 12.2. The van der Waals surface area contributed by atoms with E-state index in [-0.39, 0.29) is 5.41 Å². The lowest BCUT2D eigenvalue weighted by Crippen LogP contribution is -2.45. The first kappa shape index (κ1) is 14.3. The molecule has 4 heteroatoms. The maximum atomic E-state index is 9.79. The summed E-state index contributed by atoms with van der Waals surface area (Å²) < 4.78 is 5.41. The molecule has 3 nitrogen and oxygen atoms in total. The molecule has 16 heavy (non-hydrogen) atoms. The first-order valence-corrected chi connectivity index (χ1v) is 6.60. The van der Waals surface area contributed by atoms with Crippen molar-refractivity contribution in [2.24, 2.45) is 5.41 Å². The minimum Gasteiger partial charge on any atom is -0.389 e. The maximum Gasteiger partial charge on any atom is 0.0718 e. The molecular weight excluding hydrogens is 222 g/mol. The molecule has 1 aliphatic heterocycles. The van der Waals surface area contributed by atoms with Gasteiger partial charge in [0.25, 0.3) is 0 Å². The number of likely N-dealkylation sites (N-methyl/N-ethyl adjacent to an activating group) is 1. The van der Waals surface area contributed by atoms with E-state index >= 15 is 0 Å². The molecular formula is C12H25NO2S. The number of rotatable bonds is 5. The quantitative estimate of drug-likeness (QED) is 0.721. The van der Waals surface area contributed by atoms with E-state index in [2.05, 4.69) is 24.6 Å². The van der Waals surface area contributed by atoms with Crippen LogP contribution in [-0.4, -0.2) is 54.7 Å². The fourth-order valence-electron chi connectivity index (χ4n) is 2.46. The average Bonchev–Trinajstić information content (AvgIpc) is 2.16. The molecule has 1 saturated heterocycles. The lowest BCUT2D eigenvalue weighted by Gasteiger charge is -2.40. The van der Waals surface area contributed by atoms with E-state index in [4.69, 9.17) is 4.74 Å². The van der Waals surface area contributed by atoms with E-state index in [0.717, 1.165) is 38.4 Å². The van der Waals surface area contributed by atoms with Gasteiger partial charge in [0.05, 0.1) is 5.60 Å². The van der Waals surface area contributed by atoms with Crippen LogP contribution < -0.4 is 0 Å². The summed E-state index contributed by atoms with van der Waals surface area (Å²) in [5.41, 5.74) is -0.362. The molecule has 1 rings (SSSR count). The van der Waals surface area contributed by atoms with Gasteiger partial charge in [-0.3, -0.25) is 0 Å². The van der Waals surface area contributed by atoms with Crippen molar-refractivity contribution in [2.45, 2.75) is 32.3 Å². The summed E-state index contributed by atoms with van der Waals surface area (Å²) in [7, 11) is 2.07. The van der Waals surface area contributed by atoms with Crippen LogP contribution in [0.15, 0.2) is 0 Å². The second-order valence-electron chi connectivity index (χ2n) is 5.76. The Hall–Kier alpha value is 0.230. The predicted molar refractivity (Wildman–Crippen MR) is 70.1 cm³/mol. The van der Waals surface area contributed by atoms with Crippen LogP contribution in [-0.2, 0) is 4.74 Å². The zero-order valence-corrected chi connectivity index (χ0v) is 11.6. The highest BCUT2D eigenvalue weighted by Gasteiger charge is 2.33. The Morgan fingerprint density at radius 2 is 1.94 bits per heavy atom. The van der Waals surface area contributed by atoms with Crippen molar-refractivity contribution in [3.05, 3.63) is 0 Å². The molecule has 1 N–H and O–H groups in total. The fourth-order valence-corrected chi connectivity index (χ4v) is 2.88. The molecule has 0 unspecified atom stereocenters. The van der Waals surface area contributed by atoms with Gasteiger partial charge >= 0.3 is 0 Å². The Kier molecular flexibility index (Phi) is 5.10. The number of nitrogens with zero attached hydrogens (tertiary/aromatic N) is 1. The van der Waals surface area contributed by atoms with Crippen molar-refractivity contribution >= 4 is 12.6 Å². The monoisotopic (exact) mass is 247 g/mol. The van der Waals surface area contributed by atoms with E-state index in [1.165, 1.54) is 0 Å². The summed E-state index contributed by atoms with van der Waals surface area (Å²) in [5, 5.41) is 9.79. The standard InChI is InChI=1S/C12H25NO2S/c1-11(2,14)8-13(3)9-12(10-16)4-6-15-7-5-12/h14,16H,4-10H2,1-3H3. The summed E-state index contributed by atoms with van der Waals surface area (Å²) >= 11 is 4.49. The fraction of sp³-hybridized carbons (Fsp3) is 1.00. The van der Waals surface area contributed by atoms with Crippen LogP contribution in [0.25, 0.3) is 0 Å². The highest BCUT2D eigenvalue weighted by Crippen LogP contribution is 2.32. The smallest absolute Gasteiger partial charge is 0.0718 e. The van der Waals surface area contributed by atoms with Gasteiger partial charge in [-0.05, 0) is 44.9 Å². The van der Waals surface area contributed by atoms with E-state index in [9.17, 15) is 5.11 Å². The predicted octanol–water partition coefficient (Wildman–Crippen LogP) is 1.42. The van der Waals surface area contributed by atoms with Crippen LogP contribution in [0.5, 0.6) is 0 Å². The van der Waals surface area contributed by atoms with Gasteiger partial charge in [-0.15, -0.1) is 0 Å². The average molecular weight is 247 g/mol. The topological polar surface area (TPSA) is 32.7 Å². The number of aliphatic hydroxyl groups is 1. The van der Waals surface area contributed by atoms with Gasteiger partial charge in [-0.25, -0.2) is 0 Å². The van der Waals surface area contributed by atoms with Crippen molar-refractivity contribution in [1.29, 1.82) is 0 Å². The van der Waals surface area contributed by atoms with E-state index in [1.54, 1.807) is 0 Å². The molecule has 0 aromatic heterocycles. The Bertz CT molecular complexity index is 210. The number of hydrogen-bond acceptors (Lipinski definition) is 4. The van der Waals surface area contributed by atoms with Crippen LogP contribution in [0.1, 0.15) is 26.7 Å². The molecule has 0 aliphatic carbocycles. The number of ether oxygens (including phenoxy) is 1. The summed E-state index contributed by atoms with van der Waals surface area (Å²) in [6.07, 6.45) is 2.15. The van der Waals surface area contributed by atoms with Crippen molar-refractivity contribution < 1.29 is 9.84 Å². The third-order valence-corrected chi connectivity index (χ3v) is 3.82. The Morgan fingerprint density at radius 1 is 1.38 bits per heavy atom. The molecule has 1 fully saturated rings. The third-order valence-electron chi connectivity index (χ3n) is 3.15. The van der Waals surface area contributed by atoms with Crippen molar-refractivity contribution in [3.63, 3.8) is 0 Å². The van der Waals surface area contributed by atoms with Gasteiger partial charge in [0, 0.05) is 26.3 Å². The second kappa shape index (κ2) is 5.71. The second-order valence-corrected chi connectivity index (χ2v) is 6.07. The Labute approximate surface area is 105 Å². The third kappa shape index (κ3) is 4.62. The largest absolute Gasteiger partial charge is 0.389 e. The van der Waals surface area contributed by atoms with Gasteiger partial charge < -0.3 is 14.7 Å². The molecule has 0 saturated carbocycles. The van der Waals surface area contributed by atoms with E-state index in [1.807, 2.05) is 13.8 Å². The number of thiol groups is 1. The lowest BCUT2D eigenvalue weighted by atomic mass is 9.81. The summed E-state index contributed by atoms with van der Waals surface area (Å²) in [5.74, 6) is 0.895. The molecule has 0 spiro atoms. The van der Waals surface area contributed by atoms with Crippen LogP contribution in [0.2, 0.25) is 0 Å². The highest BCUT2D eigenvalue weighted by atomic mass is 32.1. The summed E-state index contributed by atoms with van der Waals surface area (Å²) in [6, 6.07) is 0. The molecule has 0 aromatic carbocycles. The highest BCUT2D eigenvalue weighted by molar-refractivity contribution is 7.80. The minimum atomic E-state index is -0.627. The lowest BCUT2D eigenvalue weighted by molar-refractivity contribution is -0.00764. The molecule has 0 atom stereocenters. The molecule has 1 aliphatic rings. The molecule has 0 aromatic rings. The van der Waals surface area contributed by atoms with Crippen molar-refractivity contribution in [3.8, 4) is 0 Å². The van der Waals surface area contributed by atoms with Crippen molar-refractivity contribution in [2.75, 3.05) is 39.1 Å². The first-order chi connectivity index (χ1) is 7.37. The Morgan fingerprint density at radius 3 is 2.38 bits per heavy atom. The van der Waals surface area contributed by atoms with E-state index < -0.39 is 5.60 Å². The SMILES string of the molecule is CN(CC(C)(C)O)CC1(CS)CCOCC1. The minimum absolute atomic E-state index is 0.265. The van der Waals surface area contributed by atoms with Gasteiger partial charge in [0.15, 0.2) is 0 Å². The van der Waals surface area contributed by atoms with Gasteiger partial charge in [-0.2, -0.15) is 12.6 Å². The molecule has 0 bridgehead atoms. The normalized spacial score (nSPS) is 21.4. The maximum absolute atomic E-state index is 9.79. The van der Waals surface area contributed by atoms with Crippen LogP contribution >= 0.6 is 12.6 Å². The zero-order valence-electron chi connectivity index (χ0n) is 10.7. The number of hydrogen-bond donors (Lipinski definition) is 2. The van der Waals surface area contributed by atoms with Crippen LogP contribution in [0.3, 0.4) is 0 Å². The van der Waals surface area contributed by atoms with Gasteiger partial charge in [-0.1, -0.05) is 0 Å². The van der Waals surface area contributed by atoms with Gasteiger partial charge in [0.1, 0.15) is 0 Å². The summed E-state index contributed by atoms with van der Waals surface area (Å²) in [4.78, 5) is 2.21. The first-order valence-electron chi connectivity index (χ1n) is 5.96. The molecule has 0 radical (unpaired) electrons.